The van der Waals surface area contributed by atoms with Crippen molar-refractivity contribution in [2.45, 2.75) is 18.4 Å². The summed E-state index contributed by atoms with van der Waals surface area (Å²) < 4.78 is 31.7. The fourth-order valence-electron chi connectivity index (χ4n) is 3.82. The summed E-state index contributed by atoms with van der Waals surface area (Å²) in [6.45, 7) is 0.309. The van der Waals surface area contributed by atoms with Gasteiger partial charge in [0.05, 0.1) is 17.4 Å². The van der Waals surface area contributed by atoms with E-state index in [2.05, 4.69) is 9.97 Å². The molecule has 0 radical (unpaired) electrons. The molecule has 1 aliphatic rings. The van der Waals surface area contributed by atoms with E-state index in [1.165, 1.54) is 4.90 Å². The van der Waals surface area contributed by atoms with Crippen molar-refractivity contribution in [3.05, 3.63) is 101 Å². The Labute approximate surface area is 191 Å². The number of benzene rings is 3. The van der Waals surface area contributed by atoms with Crippen molar-refractivity contribution >= 4 is 22.9 Å². The van der Waals surface area contributed by atoms with Crippen LogP contribution in [0.3, 0.4) is 0 Å². The van der Waals surface area contributed by atoms with Gasteiger partial charge >= 0.3 is 12.1 Å². The minimum absolute atomic E-state index is 0.181. The molecule has 3 aromatic carbocycles. The molecule has 3 N–H and O–H groups in total. The number of aromatic nitrogens is 2. The van der Waals surface area contributed by atoms with E-state index >= 15 is 0 Å². The van der Waals surface area contributed by atoms with Gasteiger partial charge in [-0.15, -0.1) is 0 Å². The Morgan fingerprint density at radius 2 is 1.68 bits per heavy atom. The Kier molecular flexibility index (Phi) is 5.84. The number of amides is 1. The number of aliphatic hydroxyl groups is 1. The highest BCUT2D eigenvalue weighted by molar-refractivity contribution is 6.00. The van der Waals surface area contributed by atoms with E-state index in [0.717, 1.165) is 16.6 Å². The number of nitrogens with zero attached hydrogens (tertiary/aromatic N) is 2. The van der Waals surface area contributed by atoms with Gasteiger partial charge in [-0.3, -0.25) is 9.69 Å². The van der Waals surface area contributed by atoms with Gasteiger partial charge in [0.25, 0.3) is 5.91 Å². The van der Waals surface area contributed by atoms with Crippen LogP contribution in [0.5, 0.6) is 0 Å². The molecule has 5 rings (SSSR count). The average Bonchev–Trinajstić information content (AvgIpc) is 3.37. The Balaban J connectivity index is 0.000000344. The fraction of sp³-hybridized carbons (Fsp3) is 0.125. The standard InChI is InChI=1S/C22H17N3O2.C2HF3O2/c26-21-17-8-4-5-9-18(17)22(27,25(21)13-15-6-2-1-3-7-15)16-10-11-19-20(12-16)24-14-23-19;3-2(4,5)1(6)7/h1-12,14,27H,13H2,(H,23,24);(H,6,7). The molecule has 1 amide bonds. The Morgan fingerprint density at radius 1 is 1.03 bits per heavy atom. The Bertz CT molecular complexity index is 1350. The molecular formula is C24H18F3N3O4. The maximum atomic E-state index is 13.1. The molecule has 0 spiro atoms. The molecule has 7 nitrogen and oxygen atoms in total. The molecule has 4 aromatic rings. The summed E-state index contributed by atoms with van der Waals surface area (Å²) in [6.07, 6.45) is -3.46. The molecular weight excluding hydrogens is 451 g/mol. The normalized spacial score (nSPS) is 17.3. The zero-order valence-corrected chi connectivity index (χ0v) is 17.5. The summed E-state index contributed by atoms with van der Waals surface area (Å²) >= 11 is 0. The maximum Gasteiger partial charge on any atom is 0.490 e. The molecule has 1 aromatic heterocycles. The van der Waals surface area contributed by atoms with Crippen molar-refractivity contribution in [2.24, 2.45) is 0 Å². The number of carboxylic acids is 1. The highest BCUT2D eigenvalue weighted by atomic mass is 19.4. The highest BCUT2D eigenvalue weighted by Crippen LogP contribution is 2.43. The van der Waals surface area contributed by atoms with Gasteiger partial charge in [0.1, 0.15) is 0 Å². The lowest BCUT2D eigenvalue weighted by molar-refractivity contribution is -0.192. The van der Waals surface area contributed by atoms with Crippen LogP contribution in [0, 0.1) is 0 Å². The summed E-state index contributed by atoms with van der Waals surface area (Å²) in [5, 5.41) is 19.0. The van der Waals surface area contributed by atoms with Crippen molar-refractivity contribution in [3.63, 3.8) is 0 Å². The number of fused-ring (bicyclic) bond motifs is 2. The van der Waals surface area contributed by atoms with Gasteiger partial charge in [0.15, 0.2) is 5.72 Å². The van der Waals surface area contributed by atoms with Crippen LogP contribution >= 0.6 is 0 Å². The van der Waals surface area contributed by atoms with Crippen molar-refractivity contribution in [1.29, 1.82) is 0 Å². The first-order chi connectivity index (χ1) is 16.1. The molecule has 0 fully saturated rings. The number of carbonyl (C=O) groups is 2. The third kappa shape index (κ3) is 4.11. The number of halogens is 3. The number of nitrogens with one attached hydrogen (secondary N) is 1. The topological polar surface area (TPSA) is 107 Å². The number of hydrogen-bond donors (Lipinski definition) is 3. The molecule has 34 heavy (non-hydrogen) atoms. The molecule has 0 aliphatic carbocycles. The minimum atomic E-state index is -5.08. The molecule has 0 saturated heterocycles. The summed E-state index contributed by atoms with van der Waals surface area (Å²) in [4.78, 5) is 30.9. The number of hydrogen-bond acceptors (Lipinski definition) is 4. The van der Waals surface area contributed by atoms with Gasteiger partial charge in [-0.1, -0.05) is 54.6 Å². The van der Waals surface area contributed by atoms with Crippen LogP contribution < -0.4 is 0 Å². The number of carboxylic acid groups (broad SMARTS) is 1. The lowest BCUT2D eigenvalue weighted by Crippen LogP contribution is -2.44. The van der Waals surface area contributed by atoms with Crippen LogP contribution in [-0.2, 0) is 17.1 Å². The number of rotatable bonds is 3. The van der Waals surface area contributed by atoms with Crippen LogP contribution in [0.1, 0.15) is 27.0 Å². The van der Waals surface area contributed by atoms with Crippen LogP contribution in [0.25, 0.3) is 11.0 Å². The van der Waals surface area contributed by atoms with Gasteiger partial charge in [0, 0.05) is 23.2 Å². The zero-order valence-electron chi connectivity index (χ0n) is 17.5. The van der Waals surface area contributed by atoms with E-state index in [4.69, 9.17) is 9.90 Å². The van der Waals surface area contributed by atoms with Crippen LogP contribution in [0.15, 0.2) is 79.1 Å². The van der Waals surface area contributed by atoms with Gasteiger partial charge in [-0.2, -0.15) is 13.2 Å². The van der Waals surface area contributed by atoms with Crippen LogP contribution in [0.4, 0.5) is 13.2 Å². The van der Waals surface area contributed by atoms with Gasteiger partial charge in [-0.25, -0.2) is 9.78 Å². The average molecular weight is 469 g/mol. The molecule has 174 valence electrons. The number of alkyl halides is 3. The second-order valence-electron chi connectivity index (χ2n) is 7.53. The van der Waals surface area contributed by atoms with E-state index in [1.54, 1.807) is 12.4 Å². The largest absolute Gasteiger partial charge is 0.490 e. The Hall–Kier alpha value is -4.18. The van der Waals surface area contributed by atoms with Gasteiger partial charge in [-0.05, 0) is 23.8 Å². The van der Waals surface area contributed by atoms with Crippen molar-refractivity contribution in [2.75, 3.05) is 0 Å². The monoisotopic (exact) mass is 469 g/mol. The van der Waals surface area contributed by atoms with Crippen molar-refractivity contribution in [3.8, 4) is 0 Å². The predicted molar refractivity (Wildman–Crippen MR) is 116 cm³/mol. The summed E-state index contributed by atoms with van der Waals surface area (Å²) in [5.74, 6) is -2.94. The van der Waals surface area contributed by atoms with E-state index in [1.807, 2.05) is 66.7 Å². The number of aliphatic carboxylic acids is 1. The molecule has 0 bridgehead atoms. The first-order valence-corrected chi connectivity index (χ1v) is 10.0. The second kappa shape index (κ2) is 8.64. The summed E-state index contributed by atoms with van der Waals surface area (Å²) in [6, 6.07) is 22.5. The van der Waals surface area contributed by atoms with Crippen molar-refractivity contribution < 1.29 is 33.0 Å². The summed E-state index contributed by atoms with van der Waals surface area (Å²) in [5.41, 5.74) is 2.79. The smallest absolute Gasteiger partial charge is 0.475 e. The first kappa shape index (κ1) is 23.0. The van der Waals surface area contributed by atoms with Crippen LogP contribution in [-0.4, -0.2) is 43.1 Å². The third-order valence-electron chi connectivity index (χ3n) is 5.42. The van der Waals surface area contributed by atoms with Crippen molar-refractivity contribution in [1.82, 2.24) is 14.9 Å². The predicted octanol–water partition coefficient (Wildman–Crippen LogP) is 4.05. The van der Waals surface area contributed by atoms with Gasteiger partial charge < -0.3 is 15.2 Å². The molecule has 2 heterocycles. The number of aromatic amines is 1. The van der Waals surface area contributed by atoms with Crippen LogP contribution in [0.2, 0.25) is 0 Å². The number of H-pyrrole nitrogens is 1. The minimum Gasteiger partial charge on any atom is -0.475 e. The summed E-state index contributed by atoms with van der Waals surface area (Å²) in [7, 11) is 0. The highest BCUT2D eigenvalue weighted by Gasteiger charge is 2.49. The quantitative estimate of drug-likeness (QED) is 0.420. The van der Waals surface area contributed by atoms with E-state index in [9.17, 15) is 23.1 Å². The molecule has 1 unspecified atom stereocenters. The molecule has 10 heteroatoms. The second-order valence-corrected chi connectivity index (χ2v) is 7.53. The van der Waals surface area contributed by atoms with E-state index in [0.29, 0.717) is 23.2 Å². The number of carbonyl (C=O) groups excluding carboxylic acids is 1. The molecule has 0 saturated carbocycles. The molecule has 1 atom stereocenters. The fourth-order valence-corrected chi connectivity index (χ4v) is 3.82. The van der Waals surface area contributed by atoms with E-state index in [-0.39, 0.29) is 5.91 Å². The SMILES string of the molecule is O=C(O)C(F)(F)F.O=C1c2ccccc2C(O)(c2ccc3[nH]cnc3c2)N1Cc1ccccc1. The first-order valence-electron chi connectivity index (χ1n) is 10.0. The zero-order chi connectivity index (χ0) is 24.5. The number of imidazole rings is 1. The Morgan fingerprint density at radius 3 is 2.35 bits per heavy atom. The lowest BCUT2D eigenvalue weighted by atomic mass is 9.93. The third-order valence-corrected chi connectivity index (χ3v) is 5.42. The molecule has 1 aliphatic heterocycles. The van der Waals surface area contributed by atoms with E-state index < -0.39 is 17.9 Å². The lowest BCUT2D eigenvalue weighted by Gasteiger charge is -2.35. The van der Waals surface area contributed by atoms with Gasteiger partial charge in [0.2, 0.25) is 0 Å². The maximum absolute atomic E-state index is 13.1.